The lowest BCUT2D eigenvalue weighted by atomic mass is 9.54. The number of esters is 1. The van der Waals surface area contributed by atoms with Gasteiger partial charge in [-0.25, -0.2) is 0 Å². The third-order valence-corrected chi connectivity index (χ3v) is 10.2. The van der Waals surface area contributed by atoms with E-state index in [0.29, 0.717) is 34.9 Å². The first kappa shape index (κ1) is 27.6. The number of unbranched alkanes of at least 4 members (excludes halogenated alkanes) is 2. The molecule has 2 atom stereocenters. The summed E-state index contributed by atoms with van der Waals surface area (Å²) in [6, 6.07) is 20.2. The van der Waals surface area contributed by atoms with E-state index in [1.165, 1.54) is 4.90 Å². The molecule has 0 unspecified atom stereocenters. The smallest absolute Gasteiger partial charge is 0.306 e. The largest absolute Gasteiger partial charge is 0.461 e. The van der Waals surface area contributed by atoms with Crippen LogP contribution >= 0.6 is 46.4 Å². The molecule has 3 aromatic rings. The topological polar surface area (TPSA) is 63.7 Å². The molecule has 0 radical (unpaired) electrons. The van der Waals surface area contributed by atoms with Gasteiger partial charge in [0, 0.05) is 28.6 Å². The zero-order valence-electron chi connectivity index (χ0n) is 21.3. The third kappa shape index (κ3) is 4.08. The number of imide groups is 1. The number of hydrogen-bond donors (Lipinski definition) is 0. The van der Waals surface area contributed by atoms with Gasteiger partial charge in [-0.2, -0.15) is 0 Å². The maximum absolute atomic E-state index is 13.8. The summed E-state index contributed by atoms with van der Waals surface area (Å²) >= 11 is 26.9. The van der Waals surface area contributed by atoms with Gasteiger partial charge in [0.1, 0.15) is 16.4 Å². The molecule has 0 spiro atoms. The molecule has 3 aliphatic carbocycles. The Morgan fingerprint density at radius 3 is 1.80 bits per heavy atom. The predicted molar refractivity (Wildman–Crippen MR) is 155 cm³/mol. The fourth-order valence-electron chi connectivity index (χ4n) is 6.53. The van der Waals surface area contributed by atoms with Gasteiger partial charge in [-0.15, -0.1) is 23.2 Å². The van der Waals surface area contributed by atoms with Gasteiger partial charge in [-0.1, -0.05) is 84.2 Å². The van der Waals surface area contributed by atoms with Crippen molar-refractivity contribution in [3.8, 4) is 0 Å². The van der Waals surface area contributed by atoms with Crippen LogP contribution in [0.5, 0.6) is 0 Å². The second-order valence-corrected chi connectivity index (χ2v) is 12.5. The Labute approximate surface area is 252 Å². The van der Waals surface area contributed by atoms with E-state index in [1.54, 1.807) is 18.2 Å². The van der Waals surface area contributed by atoms with Gasteiger partial charge in [-0.3, -0.25) is 19.3 Å². The normalized spacial score (nSPS) is 25.9. The van der Waals surface area contributed by atoms with E-state index in [2.05, 4.69) is 0 Å². The molecule has 1 heterocycles. The van der Waals surface area contributed by atoms with Crippen molar-refractivity contribution in [1.82, 2.24) is 4.90 Å². The van der Waals surface area contributed by atoms with Crippen LogP contribution in [0.4, 0.5) is 0 Å². The highest BCUT2D eigenvalue weighted by Gasteiger charge is 2.72. The van der Waals surface area contributed by atoms with Crippen LogP contribution in [0.3, 0.4) is 0 Å². The van der Waals surface area contributed by atoms with Crippen molar-refractivity contribution in [3.63, 3.8) is 0 Å². The van der Waals surface area contributed by atoms with Crippen molar-refractivity contribution in [1.29, 1.82) is 0 Å². The highest BCUT2D eigenvalue weighted by Crippen LogP contribution is 2.69. The standard InChI is InChI=1S/C31H25Cl4NO4/c32-19-14-13-18(24(33)16-19)17-40-25(37)12-2-1-7-15-36-28(38)26-27(29(36)39)31(35)21-9-4-3-8-20(21)30(26,34)22-10-5-6-11-23(22)31/h3-6,8-11,13-14,16,26-27H,1-2,7,12,15,17H2/t26-,27-,30?,31?/m0/s1. The maximum Gasteiger partial charge on any atom is 0.306 e. The molecule has 4 aliphatic rings. The lowest BCUT2D eigenvalue weighted by molar-refractivity contribution is -0.145. The molecule has 2 amide bonds. The SMILES string of the molecule is O=C(CCCCCN1C(=O)[C@@H]2[C@@H](C1=O)C1(Cl)c3ccccc3C2(Cl)c2ccccc21)OCc1ccc(Cl)cc1Cl. The van der Waals surface area contributed by atoms with Crippen molar-refractivity contribution in [2.24, 2.45) is 11.8 Å². The van der Waals surface area contributed by atoms with E-state index in [4.69, 9.17) is 51.1 Å². The van der Waals surface area contributed by atoms with Gasteiger partial charge in [0.2, 0.25) is 11.8 Å². The summed E-state index contributed by atoms with van der Waals surface area (Å²) in [7, 11) is 0. The molecule has 1 fully saturated rings. The molecule has 3 aromatic carbocycles. The quantitative estimate of drug-likeness (QED) is 0.116. The fraction of sp³-hybridized carbons (Fsp3) is 0.323. The first-order chi connectivity index (χ1) is 19.2. The zero-order chi connectivity index (χ0) is 28.2. The highest BCUT2D eigenvalue weighted by molar-refractivity contribution is 6.36. The van der Waals surface area contributed by atoms with Gasteiger partial charge in [-0.05, 0) is 47.2 Å². The van der Waals surface area contributed by atoms with Gasteiger partial charge in [0.05, 0.1) is 11.8 Å². The first-order valence-electron chi connectivity index (χ1n) is 13.2. The zero-order valence-corrected chi connectivity index (χ0v) is 24.4. The maximum atomic E-state index is 13.8. The number of carbonyl (C=O) groups is 3. The molecule has 40 heavy (non-hydrogen) atoms. The number of ether oxygens (including phenoxy) is 1. The summed E-state index contributed by atoms with van der Waals surface area (Å²) in [5.41, 5.74) is 3.82. The van der Waals surface area contributed by atoms with Gasteiger partial charge in [0.25, 0.3) is 0 Å². The first-order valence-corrected chi connectivity index (χ1v) is 14.7. The van der Waals surface area contributed by atoms with Crippen LogP contribution in [0.25, 0.3) is 0 Å². The van der Waals surface area contributed by atoms with Crippen LogP contribution < -0.4 is 0 Å². The van der Waals surface area contributed by atoms with Gasteiger partial charge < -0.3 is 4.74 Å². The third-order valence-electron chi connectivity index (χ3n) is 8.34. The Balaban J connectivity index is 1.11. The van der Waals surface area contributed by atoms with Crippen molar-refractivity contribution < 1.29 is 19.1 Å². The van der Waals surface area contributed by atoms with E-state index >= 15 is 0 Å². The Hall–Kier alpha value is -2.57. The monoisotopic (exact) mass is 615 g/mol. The van der Waals surface area contributed by atoms with Crippen LogP contribution in [0, 0.1) is 11.8 Å². The van der Waals surface area contributed by atoms with E-state index in [1.807, 2.05) is 48.5 Å². The molecule has 5 nitrogen and oxygen atoms in total. The number of nitrogens with zero attached hydrogens (tertiary/aromatic N) is 1. The Kier molecular flexibility index (Phi) is 7.15. The second-order valence-electron chi connectivity index (χ2n) is 10.5. The summed E-state index contributed by atoms with van der Waals surface area (Å²) in [4.78, 5) is 38.8. The van der Waals surface area contributed by atoms with Crippen LogP contribution in [0.1, 0.15) is 53.5 Å². The fourth-order valence-corrected chi connectivity index (χ4v) is 8.09. The lowest BCUT2D eigenvalue weighted by Gasteiger charge is -2.54. The molecule has 0 N–H and O–H groups in total. The number of alkyl halides is 2. The predicted octanol–water partition coefficient (Wildman–Crippen LogP) is 7.19. The molecule has 7 rings (SSSR count). The summed E-state index contributed by atoms with van der Waals surface area (Å²) < 4.78 is 5.33. The minimum absolute atomic E-state index is 0.0690. The average Bonchev–Trinajstić information content (AvgIpc) is 3.21. The van der Waals surface area contributed by atoms with Crippen LogP contribution in [-0.2, 0) is 35.5 Å². The number of benzene rings is 3. The Morgan fingerprint density at radius 1 is 0.775 bits per heavy atom. The molecule has 2 bridgehead atoms. The average molecular weight is 617 g/mol. The summed E-state index contributed by atoms with van der Waals surface area (Å²) in [5, 5.41) is 0.955. The minimum atomic E-state index is -1.17. The van der Waals surface area contributed by atoms with E-state index in [0.717, 1.165) is 22.3 Å². The van der Waals surface area contributed by atoms with E-state index in [-0.39, 0.29) is 37.4 Å². The Morgan fingerprint density at radius 2 is 1.30 bits per heavy atom. The second kappa shape index (κ2) is 10.4. The molecule has 0 saturated carbocycles. The van der Waals surface area contributed by atoms with Crippen molar-refractivity contribution in [2.75, 3.05) is 6.54 Å². The summed E-state index contributed by atoms with van der Waals surface area (Å²) in [6.45, 7) is 0.312. The van der Waals surface area contributed by atoms with Crippen LogP contribution in [0.2, 0.25) is 10.0 Å². The highest BCUT2D eigenvalue weighted by atomic mass is 35.5. The number of rotatable bonds is 8. The molecule has 1 saturated heterocycles. The number of carbonyl (C=O) groups excluding carboxylic acids is 3. The number of halogens is 4. The Bertz CT molecular complexity index is 1420. The van der Waals surface area contributed by atoms with E-state index < -0.39 is 21.6 Å². The van der Waals surface area contributed by atoms with Crippen LogP contribution in [0.15, 0.2) is 66.7 Å². The molecule has 1 aliphatic heterocycles. The number of hydrogen-bond acceptors (Lipinski definition) is 4. The molecule has 9 heteroatoms. The summed E-state index contributed by atoms with van der Waals surface area (Å²) in [6.07, 6.45) is 1.98. The van der Waals surface area contributed by atoms with Gasteiger partial charge >= 0.3 is 5.97 Å². The van der Waals surface area contributed by atoms with Crippen molar-refractivity contribution in [3.05, 3.63) is 105 Å². The van der Waals surface area contributed by atoms with E-state index in [9.17, 15) is 14.4 Å². The molecular weight excluding hydrogens is 592 g/mol. The molecule has 206 valence electrons. The van der Waals surface area contributed by atoms with Gasteiger partial charge in [0.15, 0.2) is 0 Å². The van der Waals surface area contributed by atoms with Crippen LogP contribution in [-0.4, -0.2) is 29.2 Å². The minimum Gasteiger partial charge on any atom is -0.461 e. The molecule has 0 aromatic heterocycles. The van der Waals surface area contributed by atoms with Crippen molar-refractivity contribution >= 4 is 64.2 Å². The summed E-state index contributed by atoms with van der Waals surface area (Å²) in [5.74, 6) is -2.51. The van der Waals surface area contributed by atoms with Crippen molar-refractivity contribution in [2.45, 2.75) is 42.0 Å². The number of likely N-dealkylation sites (tertiary alicyclic amines) is 1. The lowest BCUT2D eigenvalue weighted by Crippen LogP contribution is -2.57. The molecular formula is C31H25Cl4NO4. The number of amides is 2.